The first-order valence-electron chi connectivity index (χ1n) is 7.49. The van der Waals surface area contributed by atoms with Crippen LogP contribution in [0, 0.1) is 5.92 Å². The van der Waals surface area contributed by atoms with E-state index in [4.69, 9.17) is 10.5 Å². The molecular formula is C15H22N4O2. The van der Waals surface area contributed by atoms with E-state index >= 15 is 0 Å². The Bertz CT molecular complexity index is 522. The molecule has 2 aliphatic rings. The lowest BCUT2D eigenvalue weighted by Crippen LogP contribution is -2.47. The van der Waals surface area contributed by atoms with Crippen LogP contribution >= 0.6 is 0 Å². The zero-order chi connectivity index (χ0) is 14.8. The molecule has 6 nitrogen and oxygen atoms in total. The highest BCUT2D eigenvalue weighted by Gasteiger charge is 2.27. The summed E-state index contributed by atoms with van der Waals surface area (Å²) in [7, 11) is 1.36. The second kappa shape index (κ2) is 5.89. The fourth-order valence-corrected chi connectivity index (χ4v) is 2.74. The van der Waals surface area contributed by atoms with Gasteiger partial charge in [-0.2, -0.15) is 0 Å². The summed E-state index contributed by atoms with van der Waals surface area (Å²) in [6, 6.07) is 3.33. The predicted octanol–water partition coefficient (Wildman–Crippen LogP) is 0.982. The van der Waals surface area contributed by atoms with Crippen molar-refractivity contribution in [3.63, 3.8) is 0 Å². The van der Waals surface area contributed by atoms with Crippen molar-refractivity contribution in [3.05, 3.63) is 17.8 Å². The summed E-state index contributed by atoms with van der Waals surface area (Å²) in [6.45, 7) is 5.07. The quantitative estimate of drug-likeness (QED) is 0.834. The predicted molar refractivity (Wildman–Crippen MR) is 81.4 cm³/mol. The standard InChI is InChI=1S/C15H22N4O2/c1-21-15(20)13-5-4-12(16)14(17-13)19-8-6-18(7-9-19)10-11-2-3-11/h4-5,11H,2-3,6-10,16H2,1H3. The van der Waals surface area contributed by atoms with Crippen LogP contribution in [0.1, 0.15) is 23.3 Å². The average Bonchev–Trinajstić information content (AvgIpc) is 3.32. The number of pyridine rings is 1. The van der Waals surface area contributed by atoms with Gasteiger partial charge in [-0.05, 0) is 30.9 Å². The first kappa shape index (κ1) is 14.1. The van der Waals surface area contributed by atoms with Gasteiger partial charge in [0.1, 0.15) is 0 Å². The fraction of sp³-hybridized carbons (Fsp3) is 0.600. The topological polar surface area (TPSA) is 71.7 Å². The molecule has 1 aromatic rings. The van der Waals surface area contributed by atoms with Gasteiger partial charge in [0.05, 0.1) is 12.8 Å². The lowest BCUT2D eigenvalue weighted by molar-refractivity contribution is 0.0594. The summed E-state index contributed by atoms with van der Waals surface area (Å²) in [5.74, 6) is 1.19. The van der Waals surface area contributed by atoms with Crippen molar-refractivity contribution in [1.29, 1.82) is 0 Å². The van der Waals surface area contributed by atoms with Gasteiger partial charge in [0, 0.05) is 32.7 Å². The van der Waals surface area contributed by atoms with Crippen LogP contribution in [0.15, 0.2) is 12.1 Å². The minimum atomic E-state index is -0.427. The molecule has 1 aliphatic heterocycles. The normalized spacial score (nSPS) is 19.6. The second-order valence-corrected chi connectivity index (χ2v) is 5.83. The number of nitrogens with two attached hydrogens (primary N) is 1. The van der Waals surface area contributed by atoms with E-state index in [1.54, 1.807) is 12.1 Å². The molecule has 2 heterocycles. The van der Waals surface area contributed by atoms with E-state index in [1.165, 1.54) is 26.5 Å². The van der Waals surface area contributed by atoms with Crippen molar-refractivity contribution < 1.29 is 9.53 Å². The van der Waals surface area contributed by atoms with Crippen molar-refractivity contribution in [2.24, 2.45) is 5.92 Å². The Hall–Kier alpha value is -1.82. The molecule has 0 amide bonds. The van der Waals surface area contributed by atoms with E-state index < -0.39 is 5.97 Å². The summed E-state index contributed by atoms with van der Waals surface area (Å²) in [5, 5.41) is 0. The van der Waals surface area contributed by atoms with Gasteiger partial charge >= 0.3 is 5.97 Å². The van der Waals surface area contributed by atoms with E-state index in [9.17, 15) is 4.79 Å². The van der Waals surface area contributed by atoms with Crippen LogP contribution in [0.3, 0.4) is 0 Å². The number of methoxy groups -OCH3 is 1. The maximum atomic E-state index is 11.6. The molecular weight excluding hydrogens is 268 g/mol. The van der Waals surface area contributed by atoms with E-state index in [1.807, 2.05) is 0 Å². The third-order valence-corrected chi connectivity index (χ3v) is 4.18. The number of carbonyl (C=O) groups is 1. The van der Waals surface area contributed by atoms with E-state index in [0.29, 0.717) is 17.2 Å². The highest BCUT2D eigenvalue weighted by Crippen LogP contribution is 2.30. The molecule has 2 N–H and O–H groups in total. The molecule has 1 aromatic heterocycles. The van der Waals surface area contributed by atoms with Gasteiger partial charge in [-0.15, -0.1) is 0 Å². The van der Waals surface area contributed by atoms with Crippen molar-refractivity contribution in [1.82, 2.24) is 9.88 Å². The molecule has 1 saturated carbocycles. The Morgan fingerprint density at radius 2 is 2.05 bits per heavy atom. The smallest absolute Gasteiger partial charge is 0.356 e. The molecule has 0 unspecified atom stereocenters. The zero-order valence-electron chi connectivity index (χ0n) is 12.4. The Kier molecular flexibility index (Phi) is 3.96. The van der Waals surface area contributed by atoms with Gasteiger partial charge < -0.3 is 15.4 Å². The molecule has 0 radical (unpaired) electrons. The van der Waals surface area contributed by atoms with Crippen LogP contribution in [0.2, 0.25) is 0 Å². The second-order valence-electron chi connectivity index (χ2n) is 5.83. The summed E-state index contributed by atoms with van der Waals surface area (Å²) in [5.41, 5.74) is 6.93. The number of hydrogen-bond acceptors (Lipinski definition) is 6. The first-order chi connectivity index (χ1) is 10.2. The molecule has 21 heavy (non-hydrogen) atoms. The Labute approximate surface area is 124 Å². The van der Waals surface area contributed by atoms with Crippen LogP contribution in [0.4, 0.5) is 11.5 Å². The van der Waals surface area contributed by atoms with E-state index in [2.05, 4.69) is 14.8 Å². The van der Waals surface area contributed by atoms with Crippen molar-refractivity contribution in [2.75, 3.05) is 50.5 Å². The molecule has 0 aromatic carbocycles. The lowest BCUT2D eigenvalue weighted by atomic mass is 10.2. The molecule has 3 rings (SSSR count). The fourth-order valence-electron chi connectivity index (χ4n) is 2.74. The molecule has 1 aliphatic carbocycles. The molecule has 2 fully saturated rings. The van der Waals surface area contributed by atoms with Gasteiger partial charge in [0.25, 0.3) is 0 Å². The highest BCUT2D eigenvalue weighted by molar-refractivity contribution is 5.88. The number of esters is 1. The minimum absolute atomic E-state index is 0.308. The summed E-state index contributed by atoms with van der Waals surface area (Å²) >= 11 is 0. The van der Waals surface area contributed by atoms with Crippen molar-refractivity contribution in [2.45, 2.75) is 12.8 Å². The van der Waals surface area contributed by atoms with Crippen LogP contribution in [0.25, 0.3) is 0 Å². The number of anilines is 2. The van der Waals surface area contributed by atoms with Gasteiger partial charge in [0.2, 0.25) is 0 Å². The van der Waals surface area contributed by atoms with Crippen LogP contribution in [-0.2, 0) is 4.74 Å². The van der Waals surface area contributed by atoms with Gasteiger partial charge in [-0.25, -0.2) is 9.78 Å². The molecule has 114 valence electrons. The number of carbonyl (C=O) groups excluding carboxylic acids is 1. The Balaban J connectivity index is 1.67. The van der Waals surface area contributed by atoms with Crippen molar-refractivity contribution in [3.8, 4) is 0 Å². The molecule has 0 atom stereocenters. The number of nitrogens with zero attached hydrogens (tertiary/aromatic N) is 3. The van der Waals surface area contributed by atoms with Gasteiger partial charge in [-0.3, -0.25) is 4.90 Å². The largest absolute Gasteiger partial charge is 0.464 e. The van der Waals surface area contributed by atoms with Gasteiger partial charge in [0.15, 0.2) is 11.5 Å². The van der Waals surface area contributed by atoms with E-state index in [0.717, 1.165) is 32.1 Å². The van der Waals surface area contributed by atoms with E-state index in [-0.39, 0.29) is 0 Å². The number of hydrogen-bond donors (Lipinski definition) is 1. The Morgan fingerprint density at radius 3 is 2.67 bits per heavy atom. The molecule has 0 bridgehead atoms. The summed E-state index contributed by atoms with van der Waals surface area (Å²) < 4.78 is 4.72. The Morgan fingerprint density at radius 1 is 1.33 bits per heavy atom. The first-order valence-corrected chi connectivity index (χ1v) is 7.49. The molecule has 0 spiro atoms. The lowest BCUT2D eigenvalue weighted by Gasteiger charge is -2.36. The highest BCUT2D eigenvalue weighted by atomic mass is 16.5. The molecule has 6 heteroatoms. The monoisotopic (exact) mass is 290 g/mol. The van der Waals surface area contributed by atoms with Crippen LogP contribution < -0.4 is 10.6 Å². The number of aromatic nitrogens is 1. The maximum Gasteiger partial charge on any atom is 0.356 e. The summed E-state index contributed by atoms with van der Waals surface area (Å²) in [6.07, 6.45) is 2.77. The van der Waals surface area contributed by atoms with Gasteiger partial charge in [-0.1, -0.05) is 0 Å². The molecule has 1 saturated heterocycles. The number of ether oxygens (including phenoxy) is 1. The van der Waals surface area contributed by atoms with Crippen LogP contribution in [0.5, 0.6) is 0 Å². The average molecular weight is 290 g/mol. The van der Waals surface area contributed by atoms with Crippen LogP contribution in [-0.4, -0.2) is 55.7 Å². The number of nitrogen functional groups attached to an aromatic ring is 1. The third-order valence-electron chi connectivity index (χ3n) is 4.18. The zero-order valence-corrected chi connectivity index (χ0v) is 12.4. The third kappa shape index (κ3) is 3.26. The summed E-state index contributed by atoms with van der Waals surface area (Å²) in [4.78, 5) is 20.6. The maximum absolute atomic E-state index is 11.6. The number of rotatable bonds is 4. The minimum Gasteiger partial charge on any atom is -0.464 e. The SMILES string of the molecule is COC(=O)c1ccc(N)c(N2CCN(CC3CC3)CC2)n1. The van der Waals surface area contributed by atoms with Crippen molar-refractivity contribution >= 4 is 17.5 Å². The number of piperazine rings is 1.